The second-order valence-electron chi connectivity index (χ2n) is 3.61. The summed E-state index contributed by atoms with van der Waals surface area (Å²) in [5, 5.41) is 11.7. The molecule has 3 heteroatoms. The minimum absolute atomic E-state index is 0.680. The molecular formula is C12H13NO2. The maximum atomic E-state index is 10.3. The van der Waals surface area contributed by atoms with Gasteiger partial charge in [-0.2, -0.15) is 0 Å². The van der Waals surface area contributed by atoms with Gasteiger partial charge in [-0.15, -0.1) is 0 Å². The van der Waals surface area contributed by atoms with Crippen LogP contribution < -0.4 is 5.32 Å². The van der Waals surface area contributed by atoms with Gasteiger partial charge in [0.05, 0.1) is 0 Å². The first-order chi connectivity index (χ1) is 7.25. The number of allylic oxidation sites excluding steroid dienone is 1. The summed E-state index contributed by atoms with van der Waals surface area (Å²) in [4.78, 5) is 10.3. The molecule has 0 fully saturated rings. The number of carboxylic acids is 1. The predicted octanol–water partition coefficient (Wildman–Crippen LogP) is 1.84. The average molecular weight is 203 g/mol. The van der Waals surface area contributed by atoms with Crippen LogP contribution in [0.4, 0.5) is 5.69 Å². The van der Waals surface area contributed by atoms with Crippen LogP contribution in [-0.2, 0) is 17.6 Å². The van der Waals surface area contributed by atoms with Crippen molar-refractivity contribution in [1.29, 1.82) is 0 Å². The number of carboxylic acid groups (broad SMARTS) is 1. The number of nitrogens with one attached hydrogen (secondary N) is 1. The zero-order chi connectivity index (χ0) is 10.7. The van der Waals surface area contributed by atoms with Crippen LogP contribution in [0.15, 0.2) is 30.4 Å². The van der Waals surface area contributed by atoms with Crippen molar-refractivity contribution in [3.63, 3.8) is 0 Å². The molecule has 0 saturated carbocycles. The number of benzene rings is 1. The summed E-state index contributed by atoms with van der Waals surface area (Å²) >= 11 is 0. The van der Waals surface area contributed by atoms with Crippen molar-refractivity contribution in [2.24, 2.45) is 0 Å². The molecule has 1 aliphatic heterocycles. The highest BCUT2D eigenvalue weighted by Gasteiger charge is 2.08. The third-order valence-electron chi connectivity index (χ3n) is 2.49. The molecule has 0 amide bonds. The molecule has 78 valence electrons. The van der Waals surface area contributed by atoms with Gasteiger partial charge in [-0.05, 0) is 30.0 Å². The summed E-state index contributed by atoms with van der Waals surface area (Å²) in [6.45, 7) is 1.00. The topological polar surface area (TPSA) is 49.3 Å². The van der Waals surface area contributed by atoms with E-state index in [2.05, 4.69) is 17.4 Å². The molecule has 1 aromatic carbocycles. The van der Waals surface area contributed by atoms with Crippen molar-refractivity contribution in [2.45, 2.75) is 12.8 Å². The van der Waals surface area contributed by atoms with Gasteiger partial charge in [0.25, 0.3) is 0 Å². The summed E-state index contributed by atoms with van der Waals surface area (Å²) in [5.41, 5.74) is 3.70. The van der Waals surface area contributed by atoms with E-state index >= 15 is 0 Å². The molecule has 2 N–H and O–H groups in total. The molecule has 0 aromatic heterocycles. The van der Waals surface area contributed by atoms with Gasteiger partial charge in [0.15, 0.2) is 0 Å². The number of hydrogen-bond acceptors (Lipinski definition) is 2. The number of hydrogen-bond donors (Lipinski definition) is 2. The van der Waals surface area contributed by atoms with Crippen molar-refractivity contribution >= 4 is 11.7 Å². The lowest BCUT2D eigenvalue weighted by atomic mass is 10.1. The second kappa shape index (κ2) is 4.17. The van der Waals surface area contributed by atoms with Gasteiger partial charge in [-0.25, -0.2) is 4.79 Å². The number of anilines is 1. The molecule has 2 rings (SSSR count). The highest BCUT2D eigenvalue weighted by atomic mass is 16.4. The smallest absolute Gasteiger partial charge is 0.327 e. The van der Waals surface area contributed by atoms with Gasteiger partial charge in [0, 0.05) is 18.3 Å². The Balaban J connectivity index is 2.07. The SMILES string of the molecule is O=C(O)/C=C/Cc1ccc2c(c1)CCN2. The summed E-state index contributed by atoms with van der Waals surface area (Å²) in [7, 11) is 0. The molecule has 3 nitrogen and oxygen atoms in total. The molecule has 0 saturated heterocycles. The monoisotopic (exact) mass is 203 g/mol. The van der Waals surface area contributed by atoms with E-state index in [9.17, 15) is 4.79 Å². The summed E-state index contributed by atoms with van der Waals surface area (Å²) in [6.07, 6.45) is 4.60. The third-order valence-corrected chi connectivity index (χ3v) is 2.49. The Hall–Kier alpha value is -1.77. The quantitative estimate of drug-likeness (QED) is 0.737. The van der Waals surface area contributed by atoms with Crippen molar-refractivity contribution < 1.29 is 9.90 Å². The van der Waals surface area contributed by atoms with Crippen LogP contribution in [0.25, 0.3) is 0 Å². The molecule has 0 unspecified atom stereocenters. The van der Waals surface area contributed by atoms with E-state index in [1.165, 1.54) is 17.3 Å². The number of rotatable bonds is 3. The molecule has 1 aromatic rings. The normalized spacial score (nSPS) is 13.9. The fourth-order valence-electron chi connectivity index (χ4n) is 1.78. The first-order valence-electron chi connectivity index (χ1n) is 5.01. The molecule has 0 aliphatic carbocycles. The minimum atomic E-state index is -0.891. The molecule has 15 heavy (non-hydrogen) atoms. The van der Waals surface area contributed by atoms with Gasteiger partial charge in [-0.1, -0.05) is 18.2 Å². The van der Waals surface area contributed by atoms with E-state index in [-0.39, 0.29) is 0 Å². The standard InChI is InChI=1S/C12H13NO2/c14-12(15)3-1-2-9-4-5-11-10(8-9)6-7-13-11/h1,3-5,8,13H,2,6-7H2,(H,14,15)/b3-1+. The molecule has 0 radical (unpaired) electrons. The number of fused-ring (bicyclic) bond motifs is 1. The molecular weight excluding hydrogens is 190 g/mol. The second-order valence-corrected chi connectivity index (χ2v) is 3.61. The highest BCUT2D eigenvalue weighted by Crippen LogP contribution is 2.23. The predicted molar refractivity (Wildman–Crippen MR) is 59.1 cm³/mol. The average Bonchev–Trinajstić information content (AvgIpc) is 2.64. The van der Waals surface area contributed by atoms with Crippen molar-refractivity contribution in [1.82, 2.24) is 0 Å². The van der Waals surface area contributed by atoms with E-state index < -0.39 is 5.97 Å². The molecule has 0 atom stereocenters. The first-order valence-corrected chi connectivity index (χ1v) is 5.01. The van der Waals surface area contributed by atoms with E-state index in [1.54, 1.807) is 6.08 Å². The lowest BCUT2D eigenvalue weighted by Gasteiger charge is -2.01. The highest BCUT2D eigenvalue weighted by molar-refractivity contribution is 5.79. The Labute approximate surface area is 88.4 Å². The van der Waals surface area contributed by atoms with Crippen molar-refractivity contribution in [2.75, 3.05) is 11.9 Å². The molecule has 1 heterocycles. The fraction of sp³-hybridized carbons (Fsp3) is 0.250. The zero-order valence-electron chi connectivity index (χ0n) is 8.36. The van der Waals surface area contributed by atoms with Gasteiger partial charge in [0.1, 0.15) is 0 Å². The van der Waals surface area contributed by atoms with Crippen LogP contribution in [0, 0.1) is 0 Å². The van der Waals surface area contributed by atoms with Gasteiger partial charge in [-0.3, -0.25) is 0 Å². The van der Waals surface area contributed by atoms with Crippen LogP contribution in [0.3, 0.4) is 0 Å². The van der Waals surface area contributed by atoms with Crippen molar-refractivity contribution in [3.05, 3.63) is 41.5 Å². The molecule has 0 spiro atoms. The third kappa shape index (κ3) is 2.37. The lowest BCUT2D eigenvalue weighted by Crippen LogP contribution is -1.90. The Morgan fingerprint density at radius 3 is 3.20 bits per heavy atom. The lowest BCUT2D eigenvalue weighted by molar-refractivity contribution is -0.131. The Bertz CT molecular complexity index is 410. The fourth-order valence-corrected chi connectivity index (χ4v) is 1.78. The van der Waals surface area contributed by atoms with Gasteiger partial charge in [0.2, 0.25) is 0 Å². The van der Waals surface area contributed by atoms with Crippen LogP contribution in [0.1, 0.15) is 11.1 Å². The van der Waals surface area contributed by atoms with Crippen LogP contribution in [0.2, 0.25) is 0 Å². The Kier molecular flexibility index (Phi) is 2.72. The van der Waals surface area contributed by atoms with Crippen molar-refractivity contribution in [3.8, 4) is 0 Å². The van der Waals surface area contributed by atoms with Crippen LogP contribution >= 0.6 is 0 Å². The van der Waals surface area contributed by atoms with E-state index in [1.807, 2.05) is 6.07 Å². The Morgan fingerprint density at radius 2 is 2.40 bits per heavy atom. The summed E-state index contributed by atoms with van der Waals surface area (Å²) < 4.78 is 0. The number of aliphatic carboxylic acids is 1. The maximum Gasteiger partial charge on any atom is 0.327 e. The summed E-state index contributed by atoms with van der Waals surface area (Å²) in [5.74, 6) is -0.891. The van der Waals surface area contributed by atoms with Gasteiger partial charge >= 0.3 is 5.97 Å². The van der Waals surface area contributed by atoms with E-state index in [4.69, 9.17) is 5.11 Å². The molecule has 0 bridgehead atoms. The van der Waals surface area contributed by atoms with E-state index in [0.717, 1.165) is 18.5 Å². The van der Waals surface area contributed by atoms with Gasteiger partial charge < -0.3 is 10.4 Å². The van der Waals surface area contributed by atoms with Crippen LogP contribution in [-0.4, -0.2) is 17.6 Å². The van der Waals surface area contributed by atoms with Crippen LogP contribution in [0.5, 0.6) is 0 Å². The first kappa shape index (κ1) is 9.77. The number of carbonyl (C=O) groups is 1. The molecule has 1 aliphatic rings. The summed E-state index contributed by atoms with van der Waals surface area (Å²) in [6, 6.07) is 6.23. The Morgan fingerprint density at radius 1 is 1.53 bits per heavy atom. The largest absolute Gasteiger partial charge is 0.478 e. The zero-order valence-corrected chi connectivity index (χ0v) is 8.36. The maximum absolute atomic E-state index is 10.3. The minimum Gasteiger partial charge on any atom is -0.478 e. The van der Waals surface area contributed by atoms with E-state index in [0.29, 0.717) is 6.42 Å².